The van der Waals surface area contributed by atoms with Gasteiger partial charge in [-0.25, -0.2) is 0 Å². The van der Waals surface area contributed by atoms with Crippen molar-refractivity contribution in [2.75, 3.05) is 44.2 Å². The van der Waals surface area contributed by atoms with Gasteiger partial charge in [0.05, 0.1) is 6.54 Å². The van der Waals surface area contributed by atoms with Crippen LogP contribution in [0.4, 0.5) is 5.82 Å². The first-order valence-electron chi connectivity index (χ1n) is 8.20. The van der Waals surface area contributed by atoms with Crippen LogP contribution in [0.2, 0.25) is 0 Å². The summed E-state index contributed by atoms with van der Waals surface area (Å²) in [6.45, 7) is 4.53. The largest absolute Gasteiger partial charge is 0.352 e. The van der Waals surface area contributed by atoms with Crippen LogP contribution in [0.3, 0.4) is 0 Å². The van der Waals surface area contributed by atoms with Gasteiger partial charge in [-0.05, 0) is 37.4 Å². The van der Waals surface area contributed by atoms with E-state index in [1.165, 1.54) is 12.8 Å². The van der Waals surface area contributed by atoms with Crippen molar-refractivity contribution in [1.82, 2.24) is 30.0 Å². The Balaban J connectivity index is 1.30. The minimum absolute atomic E-state index is 0.201. The van der Waals surface area contributed by atoms with Crippen molar-refractivity contribution in [1.29, 1.82) is 0 Å². The van der Waals surface area contributed by atoms with E-state index in [-0.39, 0.29) is 5.91 Å². The lowest BCUT2D eigenvalue weighted by Gasteiger charge is -2.35. The van der Waals surface area contributed by atoms with Crippen molar-refractivity contribution in [2.45, 2.75) is 12.8 Å². The quantitative estimate of drug-likeness (QED) is 0.821. The summed E-state index contributed by atoms with van der Waals surface area (Å²) in [7, 11) is 0. The second kappa shape index (κ2) is 6.11. The first-order chi connectivity index (χ1) is 11.3. The van der Waals surface area contributed by atoms with Crippen LogP contribution in [-0.2, 0) is 4.79 Å². The molecule has 0 unspecified atom stereocenters. The summed E-state index contributed by atoms with van der Waals surface area (Å²) in [6, 6.07) is 3.87. The Bertz CT molecular complexity index is 688. The molecule has 1 saturated carbocycles. The molecule has 0 atom stereocenters. The van der Waals surface area contributed by atoms with Crippen molar-refractivity contribution >= 4 is 17.4 Å². The highest BCUT2D eigenvalue weighted by Crippen LogP contribution is 2.27. The highest BCUT2D eigenvalue weighted by molar-refractivity contribution is 5.78. The molecule has 1 amide bonds. The second-order valence-electron chi connectivity index (χ2n) is 6.27. The van der Waals surface area contributed by atoms with Gasteiger partial charge in [-0.3, -0.25) is 4.79 Å². The van der Waals surface area contributed by atoms with Gasteiger partial charge in [-0.1, -0.05) is 0 Å². The molecule has 1 aliphatic heterocycles. The van der Waals surface area contributed by atoms with Gasteiger partial charge < -0.3 is 15.1 Å². The van der Waals surface area contributed by atoms with Crippen LogP contribution in [0.1, 0.15) is 12.8 Å². The zero-order valence-electron chi connectivity index (χ0n) is 13.1. The first kappa shape index (κ1) is 14.4. The van der Waals surface area contributed by atoms with Crippen molar-refractivity contribution in [3.05, 3.63) is 18.5 Å². The van der Waals surface area contributed by atoms with Gasteiger partial charge in [0, 0.05) is 26.2 Å². The number of rotatable bonds is 5. The minimum atomic E-state index is 0.201. The second-order valence-corrected chi connectivity index (χ2v) is 6.27. The fourth-order valence-corrected chi connectivity index (χ4v) is 2.89. The van der Waals surface area contributed by atoms with Gasteiger partial charge in [0.1, 0.15) is 12.1 Å². The van der Waals surface area contributed by atoms with Crippen LogP contribution in [0.15, 0.2) is 18.5 Å². The number of piperazine rings is 1. The number of amides is 1. The van der Waals surface area contributed by atoms with Gasteiger partial charge in [0.15, 0.2) is 5.65 Å². The van der Waals surface area contributed by atoms with E-state index < -0.39 is 0 Å². The lowest BCUT2D eigenvalue weighted by Crippen LogP contribution is -2.51. The molecule has 1 saturated heterocycles. The predicted octanol–water partition coefficient (Wildman–Crippen LogP) is -0.227. The van der Waals surface area contributed by atoms with Gasteiger partial charge >= 0.3 is 0 Å². The lowest BCUT2D eigenvalue weighted by molar-refractivity contribution is -0.130. The summed E-state index contributed by atoms with van der Waals surface area (Å²) in [6.07, 6.45) is 4.22. The molecule has 3 heterocycles. The third kappa shape index (κ3) is 3.26. The van der Waals surface area contributed by atoms with Gasteiger partial charge in [0.2, 0.25) is 5.91 Å². The maximum absolute atomic E-state index is 12.2. The van der Waals surface area contributed by atoms with Gasteiger partial charge in [-0.15, -0.1) is 15.3 Å². The van der Waals surface area contributed by atoms with Crippen molar-refractivity contribution < 1.29 is 4.79 Å². The minimum Gasteiger partial charge on any atom is -0.352 e. The SMILES string of the molecule is O=C(CNCC1CC1)N1CCN(c2ccc3nncn3n2)CC1. The Labute approximate surface area is 134 Å². The Kier molecular flexibility index (Phi) is 3.82. The zero-order chi connectivity index (χ0) is 15.6. The topological polar surface area (TPSA) is 78.7 Å². The van der Waals surface area contributed by atoms with Crippen LogP contribution in [0, 0.1) is 5.92 Å². The van der Waals surface area contributed by atoms with Crippen LogP contribution >= 0.6 is 0 Å². The van der Waals surface area contributed by atoms with E-state index in [0.29, 0.717) is 6.54 Å². The number of hydrogen-bond acceptors (Lipinski definition) is 6. The fraction of sp³-hybridized carbons (Fsp3) is 0.600. The molecule has 0 radical (unpaired) electrons. The smallest absolute Gasteiger partial charge is 0.236 e. The standard InChI is InChI=1S/C15H21N7O/c23-15(10-16-9-12-1-2-12)21-7-5-20(6-8-21)14-4-3-13-18-17-11-22(13)19-14/h3-4,11-12,16H,1-2,5-10H2. The van der Waals surface area contributed by atoms with Crippen LogP contribution in [-0.4, -0.2) is 69.9 Å². The highest BCUT2D eigenvalue weighted by atomic mass is 16.2. The van der Waals surface area contributed by atoms with E-state index in [1.54, 1.807) is 10.8 Å². The first-order valence-corrected chi connectivity index (χ1v) is 8.20. The average molecular weight is 315 g/mol. The number of nitrogens with zero attached hydrogens (tertiary/aromatic N) is 6. The third-order valence-electron chi connectivity index (χ3n) is 4.51. The lowest BCUT2D eigenvalue weighted by atomic mass is 10.3. The average Bonchev–Trinajstić information content (AvgIpc) is 3.29. The molecule has 2 aromatic rings. The molecule has 23 heavy (non-hydrogen) atoms. The fourth-order valence-electron chi connectivity index (χ4n) is 2.89. The molecule has 0 spiro atoms. The summed E-state index contributed by atoms with van der Waals surface area (Å²) in [5.74, 6) is 1.90. The molecule has 2 aliphatic rings. The summed E-state index contributed by atoms with van der Waals surface area (Å²) >= 11 is 0. The predicted molar refractivity (Wildman–Crippen MR) is 85.2 cm³/mol. The molecule has 8 nitrogen and oxygen atoms in total. The van der Waals surface area contributed by atoms with Gasteiger partial charge in [-0.2, -0.15) is 4.52 Å². The number of hydrogen-bond donors (Lipinski definition) is 1. The Morgan fingerprint density at radius 1 is 1.22 bits per heavy atom. The monoisotopic (exact) mass is 315 g/mol. The zero-order valence-corrected chi connectivity index (χ0v) is 13.1. The molecule has 4 rings (SSSR count). The van der Waals surface area contributed by atoms with E-state index >= 15 is 0 Å². The molecule has 2 aromatic heterocycles. The number of nitrogens with one attached hydrogen (secondary N) is 1. The van der Waals surface area contributed by atoms with E-state index in [2.05, 4.69) is 25.5 Å². The molecule has 1 N–H and O–H groups in total. The normalized spacial score (nSPS) is 18.6. The molecule has 1 aliphatic carbocycles. The Morgan fingerprint density at radius 3 is 2.83 bits per heavy atom. The van der Waals surface area contributed by atoms with Crippen LogP contribution in [0.5, 0.6) is 0 Å². The summed E-state index contributed by atoms with van der Waals surface area (Å²) < 4.78 is 1.68. The van der Waals surface area contributed by atoms with Crippen molar-refractivity contribution in [3.8, 4) is 0 Å². The van der Waals surface area contributed by atoms with Crippen LogP contribution < -0.4 is 10.2 Å². The number of aromatic nitrogens is 4. The molecular weight excluding hydrogens is 294 g/mol. The van der Waals surface area contributed by atoms with Crippen molar-refractivity contribution in [3.63, 3.8) is 0 Å². The summed E-state index contributed by atoms with van der Waals surface area (Å²) in [5.41, 5.74) is 0.740. The Hall–Kier alpha value is -2.22. The van der Waals surface area contributed by atoms with Crippen LogP contribution in [0.25, 0.3) is 5.65 Å². The molecule has 8 heteroatoms. The third-order valence-corrected chi connectivity index (χ3v) is 4.51. The maximum atomic E-state index is 12.2. The number of anilines is 1. The highest BCUT2D eigenvalue weighted by Gasteiger charge is 2.24. The van der Waals surface area contributed by atoms with E-state index in [0.717, 1.165) is 50.1 Å². The number of fused-ring (bicyclic) bond motifs is 1. The van der Waals surface area contributed by atoms with E-state index in [1.807, 2.05) is 17.0 Å². The summed E-state index contributed by atoms with van der Waals surface area (Å²) in [5, 5.41) is 15.6. The van der Waals surface area contributed by atoms with E-state index in [9.17, 15) is 4.79 Å². The number of carbonyl (C=O) groups is 1. The molecule has 122 valence electrons. The summed E-state index contributed by atoms with van der Waals surface area (Å²) in [4.78, 5) is 16.3. The van der Waals surface area contributed by atoms with Crippen molar-refractivity contribution in [2.24, 2.45) is 5.92 Å². The maximum Gasteiger partial charge on any atom is 0.236 e. The molecular formula is C15H21N7O. The van der Waals surface area contributed by atoms with E-state index in [4.69, 9.17) is 0 Å². The Morgan fingerprint density at radius 2 is 2.04 bits per heavy atom. The van der Waals surface area contributed by atoms with Gasteiger partial charge in [0.25, 0.3) is 0 Å². The number of carbonyl (C=O) groups excluding carboxylic acids is 1. The molecule has 0 bridgehead atoms. The molecule has 0 aromatic carbocycles. The molecule has 2 fully saturated rings.